The number of carbonyl (C=O) groups excluding carboxylic acids is 1. The van der Waals surface area contributed by atoms with Crippen molar-refractivity contribution in [3.8, 4) is 5.75 Å². The summed E-state index contributed by atoms with van der Waals surface area (Å²) in [5, 5.41) is 10.1. The van der Waals surface area contributed by atoms with Crippen LogP contribution in [0.15, 0.2) is 24.3 Å². The van der Waals surface area contributed by atoms with Crippen LogP contribution >= 0.6 is 0 Å². The van der Waals surface area contributed by atoms with Gasteiger partial charge in [0.05, 0.1) is 6.61 Å². The molecule has 0 saturated carbocycles. The molecule has 128 valence electrons. The highest BCUT2D eigenvalue weighted by Crippen LogP contribution is 2.13. The first kappa shape index (κ1) is 17.6. The minimum absolute atomic E-state index is 0.254. The number of benzene rings is 1. The average molecular weight is 322 g/mol. The molecule has 1 aromatic rings. The van der Waals surface area contributed by atoms with Crippen molar-refractivity contribution in [3.63, 3.8) is 0 Å². The predicted octanol–water partition coefficient (Wildman–Crippen LogP) is 1.51. The van der Waals surface area contributed by atoms with Crippen LogP contribution in [0.5, 0.6) is 5.75 Å². The van der Waals surface area contributed by atoms with Crippen LogP contribution in [0.4, 0.5) is 4.79 Å². The lowest BCUT2D eigenvalue weighted by Gasteiger charge is -2.34. The molecule has 1 saturated heterocycles. The van der Waals surface area contributed by atoms with Crippen molar-refractivity contribution in [2.24, 2.45) is 0 Å². The maximum absolute atomic E-state index is 11.6. The van der Waals surface area contributed by atoms with Gasteiger partial charge in [-0.05, 0) is 31.5 Å². The van der Waals surface area contributed by atoms with Crippen LogP contribution < -0.4 is 4.74 Å². The Bertz CT molecular complexity index is 501. The van der Waals surface area contributed by atoms with Crippen LogP contribution in [0, 0.1) is 6.92 Å². The third kappa shape index (κ3) is 5.73. The highest BCUT2D eigenvalue weighted by molar-refractivity contribution is 5.67. The molecule has 1 aliphatic rings. The SMILES string of the molecule is CCOC(=O)N1CCN(C[C@H](O)COc2cccc(C)c2)CC1. The zero-order chi connectivity index (χ0) is 16.7. The summed E-state index contributed by atoms with van der Waals surface area (Å²) < 4.78 is 10.6. The van der Waals surface area contributed by atoms with E-state index < -0.39 is 6.10 Å². The van der Waals surface area contributed by atoms with Gasteiger partial charge in [0.2, 0.25) is 0 Å². The van der Waals surface area contributed by atoms with Gasteiger partial charge in [-0.2, -0.15) is 0 Å². The van der Waals surface area contributed by atoms with E-state index in [0.29, 0.717) is 26.2 Å². The van der Waals surface area contributed by atoms with Gasteiger partial charge in [0.1, 0.15) is 18.5 Å². The number of aliphatic hydroxyl groups is 1. The summed E-state index contributed by atoms with van der Waals surface area (Å²) in [7, 11) is 0. The van der Waals surface area contributed by atoms with E-state index in [1.54, 1.807) is 11.8 Å². The summed E-state index contributed by atoms with van der Waals surface area (Å²) in [5.74, 6) is 0.774. The van der Waals surface area contributed by atoms with E-state index >= 15 is 0 Å². The third-order valence-electron chi connectivity index (χ3n) is 3.80. The molecule has 2 rings (SSSR count). The molecule has 6 nitrogen and oxygen atoms in total. The molecule has 1 fully saturated rings. The fourth-order valence-electron chi connectivity index (χ4n) is 2.58. The van der Waals surface area contributed by atoms with Crippen LogP contribution in [-0.4, -0.2) is 73.0 Å². The van der Waals surface area contributed by atoms with Gasteiger partial charge in [0, 0.05) is 32.7 Å². The first-order chi connectivity index (χ1) is 11.1. The molecular formula is C17H26N2O4. The Morgan fingerprint density at radius 1 is 1.30 bits per heavy atom. The van der Waals surface area contributed by atoms with Gasteiger partial charge in [0.25, 0.3) is 0 Å². The number of nitrogens with zero attached hydrogens (tertiary/aromatic N) is 2. The number of ether oxygens (including phenoxy) is 2. The molecule has 6 heteroatoms. The maximum Gasteiger partial charge on any atom is 0.409 e. The van der Waals surface area contributed by atoms with Crippen LogP contribution in [0.2, 0.25) is 0 Å². The topological polar surface area (TPSA) is 62.2 Å². The molecule has 0 unspecified atom stereocenters. The highest BCUT2D eigenvalue weighted by Gasteiger charge is 2.23. The van der Waals surface area contributed by atoms with Crippen molar-refractivity contribution in [2.45, 2.75) is 20.0 Å². The number of hydrogen-bond acceptors (Lipinski definition) is 5. The van der Waals surface area contributed by atoms with E-state index in [2.05, 4.69) is 4.90 Å². The van der Waals surface area contributed by atoms with Crippen molar-refractivity contribution in [2.75, 3.05) is 45.9 Å². The quantitative estimate of drug-likeness (QED) is 0.860. The molecule has 1 aromatic carbocycles. The van der Waals surface area contributed by atoms with Gasteiger partial charge in [-0.3, -0.25) is 4.90 Å². The molecule has 1 heterocycles. The maximum atomic E-state index is 11.6. The first-order valence-electron chi connectivity index (χ1n) is 8.10. The number of amides is 1. The summed E-state index contributed by atoms with van der Waals surface area (Å²) in [5.41, 5.74) is 1.13. The van der Waals surface area contributed by atoms with Crippen molar-refractivity contribution in [1.82, 2.24) is 9.80 Å². The standard InChI is InChI=1S/C17H26N2O4/c1-3-22-17(21)19-9-7-18(8-10-19)12-15(20)13-23-16-6-4-5-14(2)11-16/h4-6,11,15,20H,3,7-10,12-13H2,1-2H3/t15-/m0/s1. The fourth-order valence-corrected chi connectivity index (χ4v) is 2.58. The Morgan fingerprint density at radius 3 is 2.70 bits per heavy atom. The minimum Gasteiger partial charge on any atom is -0.491 e. The van der Waals surface area contributed by atoms with E-state index in [4.69, 9.17) is 9.47 Å². The molecule has 1 aliphatic heterocycles. The van der Waals surface area contributed by atoms with Crippen LogP contribution in [0.25, 0.3) is 0 Å². The lowest BCUT2D eigenvalue weighted by atomic mass is 10.2. The molecule has 1 N–H and O–H groups in total. The number of hydrogen-bond donors (Lipinski definition) is 1. The number of carbonyl (C=O) groups is 1. The Kier molecular flexibility index (Phi) is 6.67. The van der Waals surface area contributed by atoms with Crippen molar-refractivity contribution in [1.29, 1.82) is 0 Å². The molecule has 23 heavy (non-hydrogen) atoms. The number of piperazine rings is 1. The van der Waals surface area contributed by atoms with E-state index in [0.717, 1.165) is 24.4 Å². The lowest BCUT2D eigenvalue weighted by molar-refractivity contribution is 0.0407. The molecule has 0 radical (unpaired) electrons. The van der Waals surface area contributed by atoms with E-state index in [1.165, 1.54) is 0 Å². The van der Waals surface area contributed by atoms with E-state index in [-0.39, 0.29) is 12.7 Å². The van der Waals surface area contributed by atoms with Crippen molar-refractivity contribution < 1.29 is 19.4 Å². The highest BCUT2D eigenvalue weighted by atomic mass is 16.6. The smallest absolute Gasteiger partial charge is 0.409 e. The van der Waals surface area contributed by atoms with Gasteiger partial charge in [-0.15, -0.1) is 0 Å². The molecule has 0 aliphatic carbocycles. The van der Waals surface area contributed by atoms with Gasteiger partial charge in [0.15, 0.2) is 0 Å². The van der Waals surface area contributed by atoms with Crippen LogP contribution in [-0.2, 0) is 4.74 Å². The Balaban J connectivity index is 1.68. The largest absolute Gasteiger partial charge is 0.491 e. The Labute approximate surface area is 137 Å². The summed E-state index contributed by atoms with van der Waals surface area (Å²) in [4.78, 5) is 15.5. The second kappa shape index (κ2) is 8.74. The number of aliphatic hydroxyl groups excluding tert-OH is 1. The number of aryl methyl sites for hydroxylation is 1. The van der Waals surface area contributed by atoms with E-state index in [1.807, 2.05) is 31.2 Å². The summed E-state index contributed by atoms with van der Waals surface area (Å²) in [6, 6.07) is 7.78. The summed E-state index contributed by atoms with van der Waals surface area (Å²) >= 11 is 0. The molecular weight excluding hydrogens is 296 g/mol. The molecule has 0 bridgehead atoms. The Morgan fingerprint density at radius 2 is 2.04 bits per heavy atom. The zero-order valence-electron chi connectivity index (χ0n) is 13.9. The Hall–Kier alpha value is -1.79. The first-order valence-corrected chi connectivity index (χ1v) is 8.10. The van der Waals surface area contributed by atoms with Gasteiger partial charge in [-0.1, -0.05) is 12.1 Å². The zero-order valence-corrected chi connectivity index (χ0v) is 13.9. The average Bonchev–Trinajstić information content (AvgIpc) is 2.54. The molecule has 1 atom stereocenters. The number of rotatable bonds is 6. The van der Waals surface area contributed by atoms with Gasteiger partial charge in [-0.25, -0.2) is 4.79 Å². The lowest BCUT2D eigenvalue weighted by Crippen LogP contribution is -2.51. The summed E-state index contributed by atoms with van der Waals surface area (Å²) in [6.45, 7) is 7.75. The van der Waals surface area contributed by atoms with Crippen molar-refractivity contribution in [3.05, 3.63) is 29.8 Å². The predicted molar refractivity (Wildman–Crippen MR) is 87.7 cm³/mol. The second-order valence-corrected chi connectivity index (χ2v) is 5.77. The normalized spacial score (nSPS) is 16.9. The van der Waals surface area contributed by atoms with Crippen LogP contribution in [0.1, 0.15) is 12.5 Å². The summed E-state index contributed by atoms with van der Waals surface area (Å²) in [6.07, 6.45) is -0.805. The van der Waals surface area contributed by atoms with Crippen molar-refractivity contribution >= 4 is 6.09 Å². The second-order valence-electron chi connectivity index (χ2n) is 5.77. The molecule has 1 amide bonds. The van der Waals surface area contributed by atoms with Gasteiger partial charge >= 0.3 is 6.09 Å². The monoisotopic (exact) mass is 322 g/mol. The minimum atomic E-state index is -0.551. The molecule has 0 spiro atoms. The third-order valence-corrected chi connectivity index (χ3v) is 3.80. The van der Waals surface area contributed by atoms with Gasteiger partial charge < -0.3 is 19.5 Å². The molecule has 0 aromatic heterocycles. The van der Waals surface area contributed by atoms with Crippen LogP contribution in [0.3, 0.4) is 0 Å². The fraction of sp³-hybridized carbons (Fsp3) is 0.588. The number of β-amino-alcohol motifs (C(OH)–C–C–N with tert-alkyl or cyclic N) is 1. The van der Waals surface area contributed by atoms with E-state index in [9.17, 15) is 9.90 Å².